The molecular formula is C21H37ClO2Si. The third-order valence-corrected chi connectivity index (χ3v) is 6.31. The molecule has 25 heavy (non-hydrogen) atoms. The first-order valence-electron chi connectivity index (χ1n) is 10.0. The normalized spacial score (nSPS) is 11.7. The number of hydrogen-bond donors (Lipinski definition) is 0. The molecule has 0 amide bonds. The first-order valence-corrected chi connectivity index (χ1v) is 13.2. The van der Waals surface area contributed by atoms with Gasteiger partial charge in [-0.2, -0.15) is 0 Å². The molecule has 0 aromatic heterocycles. The minimum atomic E-state index is -2.18. The molecule has 0 aliphatic carbocycles. The van der Waals surface area contributed by atoms with Gasteiger partial charge in [-0.25, -0.2) is 0 Å². The van der Waals surface area contributed by atoms with Gasteiger partial charge in [0.2, 0.25) is 0 Å². The van der Waals surface area contributed by atoms with Gasteiger partial charge in [0.25, 0.3) is 0 Å². The van der Waals surface area contributed by atoms with Gasteiger partial charge in [-0.05, 0) is 44.1 Å². The first kappa shape index (κ1) is 22.5. The summed E-state index contributed by atoms with van der Waals surface area (Å²) in [6.07, 6.45) is 13.4. The maximum atomic E-state index is 6.22. The molecule has 0 atom stereocenters. The molecule has 2 nitrogen and oxygen atoms in total. The topological polar surface area (TPSA) is 18.5 Å². The molecular weight excluding hydrogens is 348 g/mol. The van der Waals surface area contributed by atoms with Gasteiger partial charge in [-0.15, -0.1) is 0 Å². The number of halogens is 1. The Balaban J connectivity index is 2.09. The minimum Gasteiger partial charge on any atom is -0.519 e. The lowest BCUT2D eigenvalue weighted by molar-refractivity contribution is 0.240. The van der Waals surface area contributed by atoms with E-state index in [1.54, 1.807) is 0 Å². The molecule has 0 bridgehead atoms. The summed E-state index contributed by atoms with van der Waals surface area (Å²) in [4.78, 5) is 0. The average Bonchev–Trinajstić information content (AvgIpc) is 2.55. The molecule has 0 fully saturated rings. The number of unbranched alkanes of at least 4 members (excludes halogenated alkanes) is 9. The summed E-state index contributed by atoms with van der Waals surface area (Å²) >= 11 is 6.22. The third kappa shape index (κ3) is 10.9. The van der Waals surface area contributed by atoms with E-state index in [9.17, 15) is 0 Å². The maximum absolute atomic E-state index is 6.22. The average molecular weight is 385 g/mol. The van der Waals surface area contributed by atoms with Gasteiger partial charge in [-0.1, -0.05) is 82.4 Å². The van der Waals surface area contributed by atoms with Crippen LogP contribution in [0.1, 0.15) is 76.7 Å². The Bertz CT molecular complexity index is 477. The molecule has 1 rings (SSSR count). The second kappa shape index (κ2) is 12.8. The quantitative estimate of drug-likeness (QED) is 0.242. The lowest BCUT2D eigenvalue weighted by Crippen LogP contribution is -2.38. The number of benzene rings is 1. The molecule has 0 heterocycles. The Hall–Kier alpha value is -0.513. The molecule has 144 valence electrons. The molecule has 1 aromatic carbocycles. The van der Waals surface area contributed by atoms with Crippen molar-refractivity contribution in [3.05, 3.63) is 28.8 Å². The van der Waals surface area contributed by atoms with E-state index in [0.29, 0.717) is 5.02 Å². The first-order chi connectivity index (χ1) is 11.9. The van der Waals surface area contributed by atoms with Crippen molar-refractivity contribution >= 4 is 20.2 Å². The predicted octanol–water partition coefficient (Wildman–Crippen LogP) is 7.67. The zero-order valence-electron chi connectivity index (χ0n) is 16.7. The van der Waals surface area contributed by atoms with Crippen LogP contribution in [0.25, 0.3) is 0 Å². The predicted molar refractivity (Wildman–Crippen MR) is 112 cm³/mol. The van der Waals surface area contributed by atoms with Crippen LogP contribution in [0.2, 0.25) is 18.1 Å². The Morgan fingerprint density at radius 1 is 0.880 bits per heavy atom. The summed E-state index contributed by atoms with van der Waals surface area (Å²) in [5, 5.41) is 0.661. The molecule has 0 unspecified atom stereocenters. The van der Waals surface area contributed by atoms with Crippen molar-refractivity contribution in [1.29, 1.82) is 0 Å². The Morgan fingerprint density at radius 2 is 1.44 bits per heavy atom. The molecule has 0 radical (unpaired) electrons. The lowest BCUT2D eigenvalue weighted by atomic mass is 10.1. The highest BCUT2D eigenvalue weighted by Gasteiger charge is 2.27. The van der Waals surface area contributed by atoms with E-state index in [-0.39, 0.29) is 0 Å². The van der Waals surface area contributed by atoms with Crippen LogP contribution >= 0.6 is 11.6 Å². The van der Waals surface area contributed by atoms with E-state index in [0.717, 1.165) is 24.3 Å². The molecule has 4 heteroatoms. The summed E-state index contributed by atoms with van der Waals surface area (Å²) in [6.45, 7) is 9.28. The van der Waals surface area contributed by atoms with Crippen molar-refractivity contribution in [2.45, 2.75) is 91.1 Å². The maximum Gasteiger partial charge on any atom is 0.392 e. The molecule has 0 saturated carbocycles. The van der Waals surface area contributed by atoms with Crippen LogP contribution < -0.4 is 4.43 Å². The van der Waals surface area contributed by atoms with E-state index in [1.165, 1.54) is 57.8 Å². The highest BCUT2D eigenvalue weighted by molar-refractivity contribution is 6.65. The Morgan fingerprint density at radius 3 is 2.04 bits per heavy atom. The fourth-order valence-corrected chi connectivity index (χ4v) is 4.50. The van der Waals surface area contributed by atoms with Crippen molar-refractivity contribution in [2.24, 2.45) is 0 Å². The van der Waals surface area contributed by atoms with E-state index in [2.05, 4.69) is 20.0 Å². The molecule has 0 aliphatic heterocycles. The highest BCUT2D eigenvalue weighted by atomic mass is 35.5. The zero-order valence-corrected chi connectivity index (χ0v) is 18.5. The van der Waals surface area contributed by atoms with E-state index >= 15 is 0 Å². The van der Waals surface area contributed by atoms with Crippen molar-refractivity contribution in [3.63, 3.8) is 0 Å². The summed E-state index contributed by atoms with van der Waals surface area (Å²) in [6, 6.07) is 5.87. The highest BCUT2D eigenvalue weighted by Crippen LogP contribution is 2.28. The molecule has 0 aliphatic rings. The van der Waals surface area contributed by atoms with Crippen molar-refractivity contribution in [2.75, 3.05) is 6.61 Å². The summed E-state index contributed by atoms with van der Waals surface area (Å²) < 4.78 is 12.1. The van der Waals surface area contributed by atoms with Gasteiger partial charge in [0.1, 0.15) is 5.75 Å². The smallest absolute Gasteiger partial charge is 0.392 e. The van der Waals surface area contributed by atoms with Crippen LogP contribution in [0.15, 0.2) is 18.2 Å². The van der Waals surface area contributed by atoms with Gasteiger partial charge in [0, 0.05) is 6.61 Å². The van der Waals surface area contributed by atoms with Gasteiger partial charge < -0.3 is 8.85 Å². The number of rotatable bonds is 14. The second-order valence-corrected chi connectivity index (χ2v) is 11.2. The zero-order chi connectivity index (χ0) is 18.5. The molecule has 0 saturated heterocycles. The second-order valence-electron chi connectivity index (χ2n) is 7.47. The molecule has 1 aromatic rings. The largest absolute Gasteiger partial charge is 0.519 e. The fourth-order valence-electron chi connectivity index (χ4n) is 2.89. The Kier molecular flexibility index (Phi) is 11.5. The Labute approximate surface area is 161 Å². The fraction of sp³-hybridized carbons (Fsp3) is 0.714. The van der Waals surface area contributed by atoms with Crippen LogP contribution in [-0.2, 0) is 4.43 Å². The molecule has 0 N–H and O–H groups in total. The van der Waals surface area contributed by atoms with E-state index < -0.39 is 8.56 Å². The van der Waals surface area contributed by atoms with Crippen LogP contribution in [0.4, 0.5) is 0 Å². The number of aryl methyl sites for hydroxylation is 1. The van der Waals surface area contributed by atoms with Crippen LogP contribution in [0.5, 0.6) is 5.75 Å². The van der Waals surface area contributed by atoms with Crippen molar-refractivity contribution in [1.82, 2.24) is 0 Å². The van der Waals surface area contributed by atoms with Gasteiger partial charge in [-0.3, -0.25) is 0 Å². The van der Waals surface area contributed by atoms with Gasteiger partial charge >= 0.3 is 8.56 Å². The van der Waals surface area contributed by atoms with Gasteiger partial charge in [0.15, 0.2) is 0 Å². The lowest BCUT2D eigenvalue weighted by Gasteiger charge is -2.24. The van der Waals surface area contributed by atoms with E-state index in [4.69, 9.17) is 20.5 Å². The van der Waals surface area contributed by atoms with E-state index in [1.807, 2.05) is 25.1 Å². The van der Waals surface area contributed by atoms with Gasteiger partial charge in [0.05, 0.1) is 5.02 Å². The van der Waals surface area contributed by atoms with Crippen LogP contribution in [-0.4, -0.2) is 15.2 Å². The standard InChI is InChI=1S/C21H37ClO2Si/c1-5-6-7-8-9-10-11-12-13-14-17-23-25(3,4)24-21-18-19(2)15-16-20(21)22/h15-16,18H,5-14,17H2,1-4H3. The van der Waals surface area contributed by atoms with Crippen LogP contribution in [0, 0.1) is 6.92 Å². The van der Waals surface area contributed by atoms with Crippen molar-refractivity contribution < 1.29 is 8.85 Å². The monoisotopic (exact) mass is 384 g/mol. The minimum absolute atomic E-state index is 0.661. The summed E-state index contributed by atoms with van der Waals surface area (Å²) in [5.74, 6) is 0.751. The summed E-state index contributed by atoms with van der Waals surface area (Å²) in [7, 11) is -2.18. The van der Waals surface area contributed by atoms with Crippen molar-refractivity contribution in [3.8, 4) is 5.75 Å². The molecule has 0 spiro atoms. The SMILES string of the molecule is CCCCCCCCCCCCO[Si](C)(C)Oc1cc(C)ccc1Cl. The summed E-state index contributed by atoms with van der Waals surface area (Å²) in [5.41, 5.74) is 1.15. The number of hydrogen-bond acceptors (Lipinski definition) is 2. The van der Waals surface area contributed by atoms with Crippen LogP contribution in [0.3, 0.4) is 0 Å². The third-order valence-electron chi connectivity index (χ3n) is 4.39.